The van der Waals surface area contributed by atoms with Gasteiger partial charge in [-0.15, -0.1) is 6.58 Å². The number of carbonyl (C=O) groups excluding carboxylic acids is 1. The minimum Gasteiger partial charge on any atom is -0.469 e. The fraction of sp³-hybridized carbons (Fsp3) is 0.167. The van der Waals surface area contributed by atoms with Gasteiger partial charge in [-0.25, -0.2) is 4.79 Å². The number of hydrogen-bond donors (Lipinski definition) is 0. The van der Waals surface area contributed by atoms with E-state index >= 15 is 0 Å². The SMILES string of the molecule is C=CCC1=C(c2coc(C)c2)C(c2ccccc2)OC1=O. The van der Waals surface area contributed by atoms with Crippen LogP contribution in [0.3, 0.4) is 0 Å². The number of furan rings is 1. The summed E-state index contributed by atoms with van der Waals surface area (Å²) in [5.41, 5.74) is 3.38. The van der Waals surface area contributed by atoms with Gasteiger partial charge in [0.2, 0.25) is 0 Å². The lowest BCUT2D eigenvalue weighted by Gasteiger charge is -2.13. The highest BCUT2D eigenvalue weighted by molar-refractivity contribution is 6.03. The molecule has 1 atom stereocenters. The van der Waals surface area contributed by atoms with Crippen molar-refractivity contribution in [2.75, 3.05) is 0 Å². The largest absolute Gasteiger partial charge is 0.469 e. The Hall–Kier alpha value is -2.55. The molecule has 1 unspecified atom stereocenters. The Kier molecular flexibility index (Phi) is 3.48. The molecule has 0 radical (unpaired) electrons. The highest BCUT2D eigenvalue weighted by atomic mass is 16.5. The Labute approximate surface area is 123 Å². The fourth-order valence-electron chi connectivity index (χ4n) is 2.62. The summed E-state index contributed by atoms with van der Waals surface area (Å²) in [7, 11) is 0. The number of carbonyl (C=O) groups is 1. The van der Waals surface area contributed by atoms with E-state index in [1.807, 2.05) is 43.3 Å². The third-order valence-electron chi connectivity index (χ3n) is 3.55. The smallest absolute Gasteiger partial charge is 0.335 e. The van der Waals surface area contributed by atoms with E-state index in [9.17, 15) is 4.79 Å². The van der Waals surface area contributed by atoms with Crippen molar-refractivity contribution in [1.29, 1.82) is 0 Å². The predicted molar refractivity (Wildman–Crippen MR) is 80.5 cm³/mol. The molecule has 2 aromatic rings. The summed E-state index contributed by atoms with van der Waals surface area (Å²) in [5.74, 6) is 0.527. The summed E-state index contributed by atoms with van der Waals surface area (Å²) < 4.78 is 11.0. The van der Waals surface area contributed by atoms with E-state index in [1.54, 1.807) is 12.3 Å². The van der Waals surface area contributed by atoms with Crippen molar-refractivity contribution in [2.45, 2.75) is 19.4 Å². The number of rotatable bonds is 4. The first-order valence-corrected chi connectivity index (χ1v) is 6.86. The third kappa shape index (κ3) is 2.42. The van der Waals surface area contributed by atoms with Crippen molar-refractivity contribution in [3.63, 3.8) is 0 Å². The molecule has 3 rings (SSSR count). The Morgan fingerprint density at radius 1 is 1.29 bits per heavy atom. The topological polar surface area (TPSA) is 39.4 Å². The molecule has 0 bridgehead atoms. The van der Waals surface area contributed by atoms with Crippen LogP contribution in [-0.2, 0) is 9.53 Å². The Morgan fingerprint density at radius 3 is 2.67 bits per heavy atom. The fourth-order valence-corrected chi connectivity index (χ4v) is 2.62. The summed E-state index contributed by atoms with van der Waals surface area (Å²) in [4.78, 5) is 12.2. The zero-order valence-electron chi connectivity index (χ0n) is 11.8. The molecule has 1 aromatic heterocycles. The predicted octanol–water partition coefficient (Wildman–Crippen LogP) is 4.22. The minimum absolute atomic E-state index is 0.280. The van der Waals surface area contributed by atoms with Gasteiger partial charge in [-0.05, 0) is 25.0 Å². The van der Waals surface area contributed by atoms with Gasteiger partial charge < -0.3 is 9.15 Å². The van der Waals surface area contributed by atoms with Gasteiger partial charge in [0.15, 0.2) is 6.10 Å². The normalized spacial score (nSPS) is 18.0. The lowest BCUT2D eigenvalue weighted by atomic mass is 9.93. The van der Waals surface area contributed by atoms with Crippen LogP contribution >= 0.6 is 0 Å². The number of ether oxygens (including phenoxy) is 1. The van der Waals surface area contributed by atoms with Gasteiger partial charge in [0.25, 0.3) is 0 Å². The quantitative estimate of drug-likeness (QED) is 0.622. The molecule has 106 valence electrons. The lowest BCUT2D eigenvalue weighted by molar-refractivity contribution is -0.139. The van der Waals surface area contributed by atoms with Crippen LogP contribution in [0.5, 0.6) is 0 Å². The van der Waals surface area contributed by atoms with Crippen molar-refractivity contribution in [1.82, 2.24) is 0 Å². The maximum Gasteiger partial charge on any atom is 0.335 e. The molecule has 1 aliphatic rings. The molecule has 1 aliphatic heterocycles. The van der Waals surface area contributed by atoms with Crippen LogP contribution in [0, 0.1) is 6.92 Å². The Bertz CT molecular complexity index is 707. The standard InChI is InChI=1S/C18H16O3/c1-3-7-15-16(14-10-12(2)20-11-14)17(21-18(15)19)13-8-5-4-6-9-13/h3-6,8-11,17H,1,7H2,2H3. The molecule has 2 heterocycles. The summed E-state index contributed by atoms with van der Waals surface area (Å²) >= 11 is 0. The first-order valence-electron chi connectivity index (χ1n) is 6.86. The van der Waals surface area contributed by atoms with E-state index in [0.717, 1.165) is 22.5 Å². The van der Waals surface area contributed by atoms with E-state index in [4.69, 9.17) is 9.15 Å². The van der Waals surface area contributed by atoms with Crippen LogP contribution in [0.4, 0.5) is 0 Å². The highest BCUT2D eigenvalue weighted by Gasteiger charge is 2.35. The number of allylic oxidation sites excluding steroid dienone is 1. The number of esters is 1. The van der Waals surface area contributed by atoms with Crippen LogP contribution in [0.2, 0.25) is 0 Å². The van der Waals surface area contributed by atoms with E-state index in [1.165, 1.54) is 0 Å². The zero-order chi connectivity index (χ0) is 14.8. The van der Waals surface area contributed by atoms with E-state index in [2.05, 4.69) is 6.58 Å². The first-order chi connectivity index (χ1) is 10.2. The minimum atomic E-state index is -0.384. The summed E-state index contributed by atoms with van der Waals surface area (Å²) in [5, 5.41) is 0. The molecule has 21 heavy (non-hydrogen) atoms. The van der Waals surface area contributed by atoms with Gasteiger partial charge in [-0.3, -0.25) is 0 Å². The van der Waals surface area contributed by atoms with Gasteiger partial charge in [0.05, 0.1) is 6.26 Å². The maximum atomic E-state index is 12.2. The molecular weight excluding hydrogens is 264 g/mol. The summed E-state index contributed by atoms with van der Waals surface area (Å²) in [6.45, 7) is 5.61. The van der Waals surface area contributed by atoms with Crippen LogP contribution in [-0.4, -0.2) is 5.97 Å². The van der Waals surface area contributed by atoms with Gasteiger partial charge in [0.1, 0.15) is 5.76 Å². The van der Waals surface area contributed by atoms with E-state index in [-0.39, 0.29) is 12.1 Å². The van der Waals surface area contributed by atoms with Crippen molar-refractivity contribution in [2.24, 2.45) is 0 Å². The van der Waals surface area contributed by atoms with Crippen LogP contribution in [0.1, 0.15) is 29.4 Å². The Balaban J connectivity index is 2.13. The molecule has 0 saturated carbocycles. The number of aryl methyl sites for hydroxylation is 1. The first kappa shape index (κ1) is 13.4. The lowest BCUT2D eigenvalue weighted by Crippen LogP contribution is -2.02. The second kappa shape index (κ2) is 5.44. The number of benzene rings is 1. The third-order valence-corrected chi connectivity index (χ3v) is 3.55. The molecule has 0 spiro atoms. The zero-order valence-corrected chi connectivity index (χ0v) is 11.8. The molecule has 1 aromatic carbocycles. The number of hydrogen-bond acceptors (Lipinski definition) is 3. The van der Waals surface area contributed by atoms with Crippen molar-refractivity contribution < 1.29 is 13.9 Å². The van der Waals surface area contributed by atoms with Crippen LogP contribution < -0.4 is 0 Å². The second-order valence-electron chi connectivity index (χ2n) is 5.03. The molecule has 0 saturated heterocycles. The molecule has 0 fully saturated rings. The molecule has 0 aliphatic carbocycles. The van der Waals surface area contributed by atoms with Crippen LogP contribution in [0.25, 0.3) is 5.57 Å². The van der Waals surface area contributed by atoms with Gasteiger partial charge in [-0.1, -0.05) is 36.4 Å². The molecule has 3 nitrogen and oxygen atoms in total. The highest BCUT2D eigenvalue weighted by Crippen LogP contribution is 2.43. The molecular formula is C18H16O3. The molecule has 0 amide bonds. The van der Waals surface area contributed by atoms with Crippen molar-refractivity contribution in [3.05, 3.63) is 77.8 Å². The average molecular weight is 280 g/mol. The van der Waals surface area contributed by atoms with Gasteiger partial charge in [0, 0.05) is 16.7 Å². The number of cyclic esters (lactones) is 1. The summed E-state index contributed by atoms with van der Waals surface area (Å²) in [6.07, 6.45) is 3.50. The molecule has 0 N–H and O–H groups in total. The summed E-state index contributed by atoms with van der Waals surface area (Å²) in [6, 6.07) is 11.7. The monoisotopic (exact) mass is 280 g/mol. The molecule has 3 heteroatoms. The van der Waals surface area contributed by atoms with Gasteiger partial charge >= 0.3 is 5.97 Å². The van der Waals surface area contributed by atoms with Crippen molar-refractivity contribution in [3.8, 4) is 0 Å². The van der Waals surface area contributed by atoms with E-state index < -0.39 is 0 Å². The van der Waals surface area contributed by atoms with Gasteiger partial charge in [-0.2, -0.15) is 0 Å². The van der Waals surface area contributed by atoms with Crippen molar-refractivity contribution >= 4 is 11.5 Å². The van der Waals surface area contributed by atoms with Crippen LogP contribution in [0.15, 0.2) is 65.3 Å². The Morgan fingerprint density at radius 2 is 2.05 bits per heavy atom. The maximum absolute atomic E-state index is 12.2. The average Bonchev–Trinajstić information content (AvgIpc) is 3.05. The van der Waals surface area contributed by atoms with E-state index in [0.29, 0.717) is 12.0 Å². The second-order valence-corrected chi connectivity index (χ2v) is 5.03.